The van der Waals surface area contributed by atoms with Crippen LogP contribution in [0.15, 0.2) is 24.3 Å². The highest BCUT2D eigenvalue weighted by Crippen LogP contribution is 2.32. The lowest BCUT2D eigenvalue weighted by Crippen LogP contribution is -2.34. The van der Waals surface area contributed by atoms with Crippen molar-refractivity contribution in [2.24, 2.45) is 5.41 Å². The second-order valence-corrected chi connectivity index (χ2v) is 6.70. The smallest absolute Gasteiger partial charge is 0.0415 e. The van der Waals surface area contributed by atoms with Crippen LogP contribution in [-0.4, -0.2) is 12.3 Å². The minimum absolute atomic E-state index is 0.400. The van der Waals surface area contributed by atoms with E-state index in [2.05, 4.69) is 50.4 Å². The summed E-state index contributed by atoms with van der Waals surface area (Å²) in [4.78, 5) is 0. The molecule has 0 bridgehead atoms. The number of fused-ring (bicyclic) bond motifs is 1. The van der Waals surface area contributed by atoms with E-state index in [1.807, 2.05) is 11.8 Å². The van der Waals surface area contributed by atoms with E-state index in [9.17, 15) is 0 Å². The van der Waals surface area contributed by atoms with E-state index < -0.39 is 0 Å². The van der Waals surface area contributed by atoms with E-state index in [0.29, 0.717) is 11.5 Å². The summed E-state index contributed by atoms with van der Waals surface area (Å²) < 4.78 is 0. The van der Waals surface area contributed by atoms with Crippen molar-refractivity contribution in [1.82, 2.24) is 5.32 Å². The van der Waals surface area contributed by atoms with Gasteiger partial charge in [0, 0.05) is 24.1 Å². The molecule has 1 heterocycles. The molecule has 1 nitrogen and oxygen atoms in total. The van der Waals surface area contributed by atoms with Gasteiger partial charge >= 0.3 is 0 Å². The average molecular weight is 249 g/mol. The van der Waals surface area contributed by atoms with Crippen molar-refractivity contribution in [3.05, 3.63) is 35.4 Å². The standard InChI is InChI=1S/C15H23NS/c1-4-15(2,3)11-16-14-10-17-9-12-7-5-6-8-13(12)14/h5-8,14,16H,4,9-11H2,1-3H3. The first-order chi connectivity index (χ1) is 8.12. The van der Waals surface area contributed by atoms with Crippen LogP contribution in [0, 0.1) is 5.41 Å². The first-order valence-electron chi connectivity index (χ1n) is 6.51. The van der Waals surface area contributed by atoms with Gasteiger partial charge in [-0.15, -0.1) is 0 Å². The second kappa shape index (κ2) is 5.45. The number of hydrogen-bond donors (Lipinski definition) is 1. The molecule has 0 radical (unpaired) electrons. The Balaban J connectivity index is 2.04. The number of hydrogen-bond acceptors (Lipinski definition) is 2. The average Bonchev–Trinajstić information content (AvgIpc) is 2.36. The highest BCUT2D eigenvalue weighted by atomic mass is 32.2. The first-order valence-corrected chi connectivity index (χ1v) is 7.67. The zero-order chi connectivity index (χ0) is 12.3. The van der Waals surface area contributed by atoms with E-state index in [-0.39, 0.29) is 0 Å². The Hall–Kier alpha value is -0.470. The van der Waals surface area contributed by atoms with Crippen molar-refractivity contribution in [2.75, 3.05) is 12.3 Å². The van der Waals surface area contributed by atoms with Crippen LogP contribution in [0.3, 0.4) is 0 Å². The summed E-state index contributed by atoms with van der Waals surface area (Å²) in [5.74, 6) is 2.38. The first kappa shape index (κ1) is 13.0. The SMILES string of the molecule is CCC(C)(C)CNC1CSCc2ccccc21. The van der Waals surface area contributed by atoms with Crippen molar-refractivity contribution < 1.29 is 0 Å². The Morgan fingerprint density at radius 1 is 1.35 bits per heavy atom. The maximum absolute atomic E-state index is 3.75. The fourth-order valence-electron chi connectivity index (χ4n) is 2.08. The Labute approximate surface area is 109 Å². The molecular formula is C15H23NS. The maximum atomic E-state index is 3.75. The lowest BCUT2D eigenvalue weighted by atomic mass is 9.89. The number of rotatable bonds is 4. The molecule has 1 unspecified atom stereocenters. The van der Waals surface area contributed by atoms with Crippen LogP contribution >= 0.6 is 11.8 Å². The van der Waals surface area contributed by atoms with E-state index >= 15 is 0 Å². The maximum Gasteiger partial charge on any atom is 0.0415 e. The molecule has 94 valence electrons. The van der Waals surface area contributed by atoms with Crippen LogP contribution in [0.25, 0.3) is 0 Å². The Kier molecular flexibility index (Phi) is 4.16. The normalized spacial score (nSPS) is 20.1. The van der Waals surface area contributed by atoms with Crippen molar-refractivity contribution >= 4 is 11.8 Å². The Morgan fingerprint density at radius 3 is 2.88 bits per heavy atom. The van der Waals surface area contributed by atoms with Gasteiger partial charge in [-0.05, 0) is 23.0 Å². The van der Waals surface area contributed by atoms with Gasteiger partial charge < -0.3 is 5.32 Å². The van der Waals surface area contributed by atoms with Crippen molar-refractivity contribution in [3.63, 3.8) is 0 Å². The van der Waals surface area contributed by atoms with Gasteiger partial charge in [0.15, 0.2) is 0 Å². The van der Waals surface area contributed by atoms with Crippen LogP contribution in [0.1, 0.15) is 44.4 Å². The lowest BCUT2D eigenvalue weighted by Gasteiger charge is -2.30. The van der Waals surface area contributed by atoms with Gasteiger partial charge in [-0.3, -0.25) is 0 Å². The topological polar surface area (TPSA) is 12.0 Å². The fourth-order valence-corrected chi connectivity index (χ4v) is 3.21. The minimum Gasteiger partial charge on any atom is -0.309 e. The molecule has 17 heavy (non-hydrogen) atoms. The van der Waals surface area contributed by atoms with Gasteiger partial charge in [0.25, 0.3) is 0 Å². The third-order valence-corrected chi connectivity index (χ3v) is 4.84. The zero-order valence-electron chi connectivity index (χ0n) is 11.1. The van der Waals surface area contributed by atoms with E-state index in [1.54, 1.807) is 0 Å². The number of nitrogens with one attached hydrogen (secondary N) is 1. The summed E-state index contributed by atoms with van der Waals surface area (Å²) in [7, 11) is 0. The van der Waals surface area contributed by atoms with Gasteiger partial charge in [-0.2, -0.15) is 11.8 Å². The van der Waals surface area contributed by atoms with Gasteiger partial charge in [0.05, 0.1) is 0 Å². The lowest BCUT2D eigenvalue weighted by molar-refractivity contribution is 0.314. The quantitative estimate of drug-likeness (QED) is 0.865. The molecular weight excluding hydrogens is 226 g/mol. The molecule has 0 amide bonds. The summed E-state index contributed by atoms with van der Waals surface area (Å²) in [6.45, 7) is 8.04. The molecule has 1 aliphatic heterocycles. The van der Waals surface area contributed by atoms with Gasteiger partial charge in [0.2, 0.25) is 0 Å². The number of thioether (sulfide) groups is 1. The third kappa shape index (κ3) is 3.26. The summed E-state index contributed by atoms with van der Waals surface area (Å²) in [5.41, 5.74) is 3.42. The molecule has 1 aromatic rings. The van der Waals surface area contributed by atoms with Crippen LogP contribution in [-0.2, 0) is 5.75 Å². The Morgan fingerprint density at radius 2 is 2.12 bits per heavy atom. The summed E-state index contributed by atoms with van der Waals surface area (Å²) in [6, 6.07) is 9.40. The molecule has 0 spiro atoms. The van der Waals surface area contributed by atoms with Gasteiger partial charge in [0.1, 0.15) is 0 Å². The molecule has 1 atom stereocenters. The summed E-state index contributed by atoms with van der Waals surface area (Å²) in [6.07, 6.45) is 1.22. The third-order valence-electron chi connectivity index (χ3n) is 3.76. The fraction of sp³-hybridized carbons (Fsp3) is 0.600. The molecule has 2 rings (SSSR count). The predicted molar refractivity (Wildman–Crippen MR) is 77.4 cm³/mol. The molecule has 0 aliphatic carbocycles. The second-order valence-electron chi connectivity index (χ2n) is 5.67. The minimum atomic E-state index is 0.400. The van der Waals surface area contributed by atoms with E-state index in [0.717, 1.165) is 6.54 Å². The monoisotopic (exact) mass is 249 g/mol. The molecule has 0 saturated carbocycles. The van der Waals surface area contributed by atoms with Crippen molar-refractivity contribution in [3.8, 4) is 0 Å². The molecule has 0 saturated heterocycles. The van der Waals surface area contributed by atoms with Crippen LogP contribution < -0.4 is 5.32 Å². The predicted octanol–water partition coefficient (Wildman–Crippen LogP) is 4.00. The van der Waals surface area contributed by atoms with Crippen LogP contribution in [0.5, 0.6) is 0 Å². The molecule has 2 heteroatoms. The largest absolute Gasteiger partial charge is 0.309 e. The van der Waals surface area contributed by atoms with Crippen LogP contribution in [0.4, 0.5) is 0 Å². The van der Waals surface area contributed by atoms with Crippen molar-refractivity contribution in [1.29, 1.82) is 0 Å². The molecule has 1 aliphatic rings. The molecule has 0 aromatic heterocycles. The molecule has 1 aromatic carbocycles. The summed E-state index contributed by atoms with van der Waals surface area (Å²) in [5, 5.41) is 3.75. The van der Waals surface area contributed by atoms with Gasteiger partial charge in [-0.1, -0.05) is 45.0 Å². The molecule has 0 fully saturated rings. The highest BCUT2D eigenvalue weighted by Gasteiger charge is 2.22. The van der Waals surface area contributed by atoms with E-state index in [4.69, 9.17) is 0 Å². The highest BCUT2D eigenvalue weighted by molar-refractivity contribution is 7.98. The molecule has 1 N–H and O–H groups in total. The zero-order valence-corrected chi connectivity index (χ0v) is 11.9. The van der Waals surface area contributed by atoms with Gasteiger partial charge in [-0.25, -0.2) is 0 Å². The Bertz CT molecular complexity index is 373. The van der Waals surface area contributed by atoms with Crippen molar-refractivity contribution in [2.45, 2.75) is 39.0 Å². The van der Waals surface area contributed by atoms with E-state index in [1.165, 1.54) is 29.1 Å². The summed E-state index contributed by atoms with van der Waals surface area (Å²) >= 11 is 2.04. The van der Waals surface area contributed by atoms with Crippen LogP contribution in [0.2, 0.25) is 0 Å². The number of benzene rings is 1.